The van der Waals surface area contributed by atoms with E-state index in [0.29, 0.717) is 7.18 Å². The summed E-state index contributed by atoms with van der Waals surface area (Å²) in [6, 6.07) is 0. The zero-order chi connectivity index (χ0) is 15.9. The van der Waals surface area contributed by atoms with Crippen LogP contribution in [0, 0.1) is 0 Å². The monoisotopic (exact) mass is 308 g/mol. The topological polar surface area (TPSA) is 0 Å². The van der Waals surface area contributed by atoms with E-state index in [2.05, 4.69) is 0 Å². The highest BCUT2D eigenvalue weighted by Gasteiger charge is 2.84. The molecule has 0 spiro atoms. The maximum absolute atomic E-state index is 13.4. The van der Waals surface area contributed by atoms with Crippen LogP contribution in [0.5, 0.6) is 0 Å². The van der Waals surface area contributed by atoms with Gasteiger partial charge in [-0.05, 0) is 0 Å². The maximum atomic E-state index is 13.4. The Balaban J connectivity index is 0.00000154. The average Bonchev–Trinajstić information content (AvgIpc) is 2.12. The van der Waals surface area contributed by atoms with Gasteiger partial charge in [-0.25, -0.2) is 39.5 Å². The second-order valence-electron chi connectivity index (χ2n) is 4.17. The molecule has 0 nitrogen and oxygen atoms in total. The average molecular weight is 308 g/mol. The van der Waals surface area contributed by atoms with Crippen molar-refractivity contribution in [3.8, 4) is 0 Å². The van der Waals surface area contributed by atoms with Crippen LogP contribution in [0.4, 0.5) is 43.9 Å². The summed E-state index contributed by atoms with van der Waals surface area (Å²) in [6.07, 6.45) is -5.34. The Morgan fingerprint density at radius 3 is 1.21 bits per heavy atom. The van der Waals surface area contributed by atoms with Gasteiger partial charge < -0.3 is 0 Å². The van der Waals surface area contributed by atoms with Crippen LogP contribution >= 0.6 is 0 Å². The molecule has 0 N–H and O–H groups in total. The van der Waals surface area contributed by atoms with E-state index in [1.807, 2.05) is 0 Å². The quantitative estimate of drug-likeness (QED) is 0.619. The Bertz CT molecular complexity index is 295. The fourth-order valence-electron chi connectivity index (χ4n) is 1.87. The van der Waals surface area contributed by atoms with Crippen LogP contribution in [-0.2, 0) is 0 Å². The Kier molecular flexibility index (Phi) is 4.52. The predicted molar refractivity (Wildman–Crippen MR) is 45.6 cm³/mol. The molecule has 1 rings (SSSR count). The molecule has 0 aromatic carbocycles. The number of rotatable bonds is 1. The lowest BCUT2D eigenvalue weighted by molar-refractivity contribution is -0.368. The summed E-state index contributed by atoms with van der Waals surface area (Å²) >= 11 is 0. The van der Waals surface area contributed by atoms with E-state index >= 15 is 0 Å². The first-order chi connectivity index (χ1) is 8.16. The van der Waals surface area contributed by atoms with Gasteiger partial charge >= 0.3 is 0 Å². The summed E-state index contributed by atoms with van der Waals surface area (Å²) in [6.45, 7) is -0.488. The highest BCUT2D eigenvalue weighted by atomic mass is 19.3. The molecule has 0 radical (unpaired) electrons. The van der Waals surface area contributed by atoms with Crippen molar-refractivity contribution < 1.29 is 43.9 Å². The Morgan fingerprint density at radius 1 is 0.737 bits per heavy atom. The molecule has 0 atom stereocenters. The van der Waals surface area contributed by atoms with E-state index < -0.39 is 49.1 Å². The van der Waals surface area contributed by atoms with Crippen molar-refractivity contribution in [2.75, 3.05) is 7.18 Å². The summed E-state index contributed by atoms with van der Waals surface area (Å²) in [5.41, 5.74) is -5.62. The second-order valence-corrected chi connectivity index (χ2v) is 4.17. The molecule has 0 aliphatic heterocycles. The zero-order valence-corrected chi connectivity index (χ0v) is 9.69. The third kappa shape index (κ3) is 2.76. The standard InChI is InChI=1S/C8H7F9.CH3F/c1-4(9,10)8(17)6(13,14)2-5(11,12)3-7(8,15)16;1-2/h2-3H2,1H3;1H3. The first-order valence-electron chi connectivity index (χ1n) is 4.74. The van der Waals surface area contributed by atoms with E-state index in [4.69, 9.17) is 0 Å². The minimum atomic E-state index is -5.62. The van der Waals surface area contributed by atoms with Gasteiger partial charge in [0.1, 0.15) is 0 Å². The molecule has 1 aliphatic rings. The van der Waals surface area contributed by atoms with E-state index in [-0.39, 0.29) is 0 Å². The van der Waals surface area contributed by atoms with E-state index in [0.717, 1.165) is 0 Å². The van der Waals surface area contributed by atoms with Crippen LogP contribution in [0.3, 0.4) is 0 Å². The normalized spacial score (nSPS) is 27.2. The van der Waals surface area contributed by atoms with Crippen LogP contribution in [0.1, 0.15) is 19.8 Å². The fraction of sp³-hybridized carbons (Fsp3) is 1.00. The summed E-state index contributed by atoms with van der Waals surface area (Å²) in [5, 5.41) is 0. The van der Waals surface area contributed by atoms with Gasteiger partial charge in [-0.1, -0.05) is 0 Å². The Labute approximate surface area is 101 Å². The van der Waals surface area contributed by atoms with Gasteiger partial charge in [0.2, 0.25) is 0 Å². The Hall–Kier alpha value is -0.700. The van der Waals surface area contributed by atoms with Gasteiger partial charge in [0, 0.05) is 6.92 Å². The lowest BCUT2D eigenvalue weighted by atomic mass is 9.74. The molecule has 19 heavy (non-hydrogen) atoms. The van der Waals surface area contributed by atoms with Crippen molar-refractivity contribution in [1.29, 1.82) is 0 Å². The maximum Gasteiger partial charge on any atom is 0.299 e. The van der Waals surface area contributed by atoms with Gasteiger partial charge in [0.15, 0.2) is 0 Å². The molecule has 1 fully saturated rings. The minimum Gasteiger partial charge on any atom is -0.255 e. The van der Waals surface area contributed by atoms with Crippen LogP contribution in [-0.4, -0.2) is 36.5 Å². The molecule has 0 aromatic heterocycles. The van der Waals surface area contributed by atoms with Crippen LogP contribution in [0.15, 0.2) is 0 Å². The molecule has 0 heterocycles. The number of hydrogen-bond acceptors (Lipinski definition) is 0. The molecule has 1 aliphatic carbocycles. The highest BCUT2D eigenvalue weighted by molar-refractivity contribution is 5.16. The summed E-state index contributed by atoms with van der Waals surface area (Å²) < 4.78 is 125. The van der Waals surface area contributed by atoms with Crippen LogP contribution in [0.2, 0.25) is 0 Å². The van der Waals surface area contributed by atoms with Crippen molar-refractivity contribution >= 4 is 0 Å². The second kappa shape index (κ2) is 4.69. The van der Waals surface area contributed by atoms with Gasteiger partial charge in [-0.15, -0.1) is 0 Å². The predicted octanol–water partition coefficient (Wildman–Crippen LogP) is 4.64. The lowest BCUT2D eigenvalue weighted by Crippen LogP contribution is -2.71. The van der Waals surface area contributed by atoms with Gasteiger partial charge in [-0.2, -0.15) is 0 Å². The van der Waals surface area contributed by atoms with Crippen molar-refractivity contribution in [3.63, 3.8) is 0 Å². The third-order valence-corrected chi connectivity index (χ3v) is 2.57. The van der Waals surface area contributed by atoms with Crippen molar-refractivity contribution in [3.05, 3.63) is 0 Å². The summed E-state index contributed by atoms with van der Waals surface area (Å²) in [5.74, 6) is -20.8. The van der Waals surface area contributed by atoms with Crippen molar-refractivity contribution in [2.24, 2.45) is 0 Å². The molecule has 0 aromatic rings. The number of alkyl halides is 10. The van der Waals surface area contributed by atoms with Crippen LogP contribution in [0.25, 0.3) is 0 Å². The van der Waals surface area contributed by atoms with Crippen molar-refractivity contribution in [1.82, 2.24) is 0 Å². The highest BCUT2D eigenvalue weighted by Crippen LogP contribution is 2.62. The van der Waals surface area contributed by atoms with Crippen LogP contribution < -0.4 is 0 Å². The molecule has 0 amide bonds. The SMILES string of the molecule is CC(F)(F)C1(F)C(F)(F)CC(F)(F)CC1(F)F.CF. The first kappa shape index (κ1) is 18.3. The van der Waals surface area contributed by atoms with Gasteiger partial charge in [-0.3, -0.25) is 4.39 Å². The molecule has 116 valence electrons. The molecule has 1 saturated carbocycles. The number of hydrogen-bond donors (Lipinski definition) is 0. The summed E-state index contributed by atoms with van der Waals surface area (Å²) in [7, 11) is 0.500. The lowest BCUT2D eigenvalue weighted by Gasteiger charge is -2.47. The molecule has 10 heteroatoms. The largest absolute Gasteiger partial charge is 0.299 e. The third-order valence-electron chi connectivity index (χ3n) is 2.57. The minimum absolute atomic E-state index is 0.488. The zero-order valence-electron chi connectivity index (χ0n) is 9.69. The van der Waals surface area contributed by atoms with Gasteiger partial charge in [0.05, 0.1) is 20.0 Å². The molecular formula is C9H10F10. The van der Waals surface area contributed by atoms with Crippen molar-refractivity contribution in [2.45, 2.75) is 49.1 Å². The van der Waals surface area contributed by atoms with E-state index in [1.165, 1.54) is 0 Å². The molecular weight excluding hydrogens is 298 g/mol. The van der Waals surface area contributed by atoms with E-state index in [1.54, 1.807) is 0 Å². The number of halogens is 10. The smallest absolute Gasteiger partial charge is 0.255 e. The molecule has 0 unspecified atom stereocenters. The van der Waals surface area contributed by atoms with E-state index in [9.17, 15) is 43.9 Å². The summed E-state index contributed by atoms with van der Waals surface area (Å²) in [4.78, 5) is 0. The molecule has 0 bridgehead atoms. The fourth-order valence-corrected chi connectivity index (χ4v) is 1.87. The Morgan fingerprint density at radius 2 is 1.00 bits per heavy atom. The first-order valence-corrected chi connectivity index (χ1v) is 4.74. The molecule has 0 saturated heterocycles. The van der Waals surface area contributed by atoms with Gasteiger partial charge in [0.25, 0.3) is 29.4 Å².